The number of hydrogen-bond acceptors (Lipinski definition) is 2. The number of amides is 1. The number of rotatable bonds is 4. The van der Waals surface area contributed by atoms with E-state index in [4.69, 9.17) is 11.6 Å². The van der Waals surface area contributed by atoms with Gasteiger partial charge in [0.1, 0.15) is 34.2 Å². The van der Waals surface area contributed by atoms with E-state index in [0.717, 1.165) is 18.2 Å². The SMILES string of the molecule is O=C(Nc1c(-c2cc(F)ccc2F)nc2ccccn12)C(Cl)c1ccccc1. The van der Waals surface area contributed by atoms with Gasteiger partial charge in [-0.15, -0.1) is 11.6 Å². The lowest BCUT2D eigenvalue weighted by molar-refractivity contribution is -0.116. The summed E-state index contributed by atoms with van der Waals surface area (Å²) in [6.07, 6.45) is 1.67. The monoisotopic (exact) mass is 397 g/mol. The van der Waals surface area contributed by atoms with Crippen molar-refractivity contribution in [2.24, 2.45) is 0 Å². The van der Waals surface area contributed by atoms with E-state index >= 15 is 0 Å². The van der Waals surface area contributed by atoms with Crippen LogP contribution in [0.1, 0.15) is 10.9 Å². The minimum absolute atomic E-state index is 0.0511. The Hall–Kier alpha value is -3.25. The Kier molecular flexibility index (Phi) is 4.79. The molecule has 2 aromatic heterocycles. The summed E-state index contributed by atoms with van der Waals surface area (Å²) in [5.41, 5.74) is 1.16. The molecule has 7 heteroatoms. The first-order valence-corrected chi connectivity index (χ1v) is 8.90. The molecule has 0 saturated heterocycles. The van der Waals surface area contributed by atoms with Gasteiger partial charge >= 0.3 is 0 Å². The maximum absolute atomic E-state index is 14.4. The van der Waals surface area contributed by atoms with Gasteiger partial charge in [-0.25, -0.2) is 13.8 Å². The van der Waals surface area contributed by atoms with Crippen LogP contribution >= 0.6 is 11.6 Å². The first-order valence-electron chi connectivity index (χ1n) is 8.47. The van der Waals surface area contributed by atoms with E-state index in [-0.39, 0.29) is 17.1 Å². The molecule has 28 heavy (non-hydrogen) atoms. The number of pyridine rings is 1. The average molecular weight is 398 g/mol. The summed E-state index contributed by atoms with van der Waals surface area (Å²) < 4.78 is 29.7. The number of fused-ring (bicyclic) bond motifs is 1. The normalized spacial score (nSPS) is 12.1. The Bertz CT molecular complexity index is 1160. The third-order valence-corrected chi connectivity index (χ3v) is 4.73. The van der Waals surface area contributed by atoms with Crippen molar-refractivity contribution in [3.63, 3.8) is 0 Å². The molecule has 0 saturated carbocycles. The maximum atomic E-state index is 14.4. The number of aromatic nitrogens is 2. The molecule has 2 heterocycles. The van der Waals surface area contributed by atoms with Gasteiger partial charge in [-0.2, -0.15) is 0 Å². The minimum Gasteiger partial charge on any atom is -0.308 e. The fourth-order valence-electron chi connectivity index (χ4n) is 2.94. The molecule has 0 fully saturated rings. The Labute approximate surface area is 164 Å². The summed E-state index contributed by atoms with van der Waals surface area (Å²) in [7, 11) is 0. The van der Waals surface area contributed by atoms with Crippen molar-refractivity contribution in [2.45, 2.75) is 5.38 Å². The zero-order chi connectivity index (χ0) is 19.7. The number of hydrogen-bond donors (Lipinski definition) is 1. The van der Waals surface area contributed by atoms with E-state index in [1.165, 1.54) is 0 Å². The number of benzene rings is 2. The maximum Gasteiger partial charge on any atom is 0.248 e. The molecule has 1 amide bonds. The molecule has 4 nitrogen and oxygen atoms in total. The van der Waals surface area contributed by atoms with E-state index < -0.39 is 22.9 Å². The lowest BCUT2D eigenvalue weighted by Gasteiger charge is -2.12. The van der Waals surface area contributed by atoms with Crippen molar-refractivity contribution in [2.75, 3.05) is 5.32 Å². The number of nitrogens with one attached hydrogen (secondary N) is 1. The second kappa shape index (κ2) is 7.40. The average Bonchev–Trinajstić information content (AvgIpc) is 3.08. The molecule has 0 aliphatic heterocycles. The Morgan fingerprint density at radius 3 is 2.57 bits per heavy atom. The molecule has 0 radical (unpaired) electrons. The summed E-state index contributed by atoms with van der Waals surface area (Å²) >= 11 is 6.30. The third kappa shape index (κ3) is 3.34. The molecule has 2 aromatic carbocycles. The van der Waals surface area contributed by atoms with Gasteiger partial charge in [0.25, 0.3) is 0 Å². The van der Waals surface area contributed by atoms with Crippen molar-refractivity contribution >= 4 is 29.0 Å². The van der Waals surface area contributed by atoms with E-state index in [0.29, 0.717) is 11.2 Å². The fraction of sp³-hybridized carbons (Fsp3) is 0.0476. The Morgan fingerprint density at radius 2 is 1.79 bits per heavy atom. The van der Waals surface area contributed by atoms with Crippen LogP contribution in [0, 0.1) is 11.6 Å². The van der Waals surface area contributed by atoms with Gasteiger partial charge in [-0.05, 0) is 35.9 Å². The topological polar surface area (TPSA) is 46.4 Å². The van der Waals surface area contributed by atoms with Gasteiger partial charge in [0.2, 0.25) is 5.91 Å². The molecule has 0 bridgehead atoms. The van der Waals surface area contributed by atoms with Crippen LogP contribution in [0.3, 0.4) is 0 Å². The number of halogens is 3. The standard InChI is InChI=1S/C21H14ClF2N3O/c22-18(13-6-2-1-3-7-13)21(28)26-20-19(15-12-14(23)9-10-16(15)24)25-17-8-4-5-11-27(17)20/h1-12,18H,(H,26,28). The van der Waals surface area contributed by atoms with Crippen LogP contribution in [0.2, 0.25) is 0 Å². The second-order valence-corrected chi connectivity index (χ2v) is 6.56. The summed E-state index contributed by atoms with van der Waals surface area (Å²) in [5, 5.41) is 1.76. The first-order chi connectivity index (χ1) is 13.5. The number of nitrogens with zero attached hydrogens (tertiary/aromatic N) is 2. The predicted molar refractivity (Wildman–Crippen MR) is 104 cm³/mol. The largest absolute Gasteiger partial charge is 0.308 e. The predicted octanol–water partition coefficient (Wildman–Crippen LogP) is 5.20. The molecule has 1 unspecified atom stereocenters. The summed E-state index contributed by atoms with van der Waals surface area (Å²) in [4.78, 5) is 17.1. The molecular weight excluding hydrogens is 384 g/mol. The van der Waals surface area contributed by atoms with Gasteiger partial charge in [0.15, 0.2) is 0 Å². The van der Waals surface area contributed by atoms with Crippen molar-refractivity contribution in [1.82, 2.24) is 9.38 Å². The number of imidazole rings is 1. The molecular formula is C21H14ClF2N3O. The van der Waals surface area contributed by atoms with Crippen molar-refractivity contribution < 1.29 is 13.6 Å². The number of anilines is 1. The molecule has 4 rings (SSSR count). The van der Waals surface area contributed by atoms with Gasteiger partial charge < -0.3 is 5.32 Å². The summed E-state index contributed by atoms with van der Waals surface area (Å²) in [5.74, 6) is -1.54. The second-order valence-electron chi connectivity index (χ2n) is 6.12. The first kappa shape index (κ1) is 18.1. The smallest absolute Gasteiger partial charge is 0.248 e. The Balaban J connectivity index is 1.80. The molecule has 0 aliphatic rings. The van der Waals surface area contributed by atoms with E-state index in [2.05, 4.69) is 10.3 Å². The highest BCUT2D eigenvalue weighted by Crippen LogP contribution is 2.32. The van der Waals surface area contributed by atoms with Crippen molar-refractivity contribution in [3.8, 4) is 11.3 Å². The number of carbonyl (C=O) groups is 1. The molecule has 1 N–H and O–H groups in total. The zero-order valence-corrected chi connectivity index (χ0v) is 15.2. The molecule has 140 valence electrons. The highest BCUT2D eigenvalue weighted by atomic mass is 35.5. The van der Waals surface area contributed by atoms with Crippen molar-refractivity contribution in [1.29, 1.82) is 0 Å². The molecule has 4 aromatic rings. The molecule has 1 atom stereocenters. The lowest BCUT2D eigenvalue weighted by atomic mass is 10.1. The minimum atomic E-state index is -0.958. The number of alkyl halides is 1. The number of carbonyl (C=O) groups excluding carboxylic acids is 1. The fourth-order valence-corrected chi connectivity index (χ4v) is 3.14. The summed E-state index contributed by atoms with van der Waals surface area (Å²) in [6, 6.07) is 17.1. The lowest BCUT2D eigenvalue weighted by Crippen LogP contribution is -2.19. The van der Waals surface area contributed by atoms with Crippen LogP contribution in [-0.2, 0) is 4.79 Å². The van der Waals surface area contributed by atoms with Gasteiger partial charge in [0.05, 0.1) is 0 Å². The van der Waals surface area contributed by atoms with Crippen LogP contribution in [0.15, 0.2) is 72.9 Å². The highest BCUT2D eigenvalue weighted by molar-refractivity contribution is 6.32. The van der Waals surface area contributed by atoms with Gasteiger partial charge in [0, 0.05) is 11.8 Å². The highest BCUT2D eigenvalue weighted by Gasteiger charge is 2.23. The van der Waals surface area contributed by atoms with Crippen LogP contribution in [-0.4, -0.2) is 15.3 Å². The quantitative estimate of drug-likeness (QED) is 0.481. The van der Waals surface area contributed by atoms with Crippen LogP contribution in [0.25, 0.3) is 16.9 Å². The molecule has 0 aliphatic carbocycles. The van der Waals surface area contributed by atoms with Crippen molar-refractivity contribution in [3.05, 3.63) is 90.1 Å². The molecule has 0 spiro atoms. The van der Waals surface area contributed by atoms with E-state index in [1.54, 1.807) is 53.1 Å². The van der Waals surface area contributed by atoms with Crippen LogP contribution < -0.4 is 5.32 Å². The van der Waals surface area contributed by atoms with Gasteiger partial charge in [-0.1, -0.05) is 36.4 Å². The van der Waals surface area contributed by atoms with E-state index in [9.17, 15) is 13.6 Å². The van der Waals surface area contributed by atoms with Crippen LogP contribution in [0.5, 0.6) is 0 Å². The zero-order valence-electron chi connectivity index (χ0n) is 14.4. The summed E-state index contributed by atoms with van der Waals surface area (Å²) in [6.45, 7) is 0. The third-order valence-electron chi connectivity index (χ3n) is 4.28. The van der Waals surface area contributed by atoms with Crippen LogP contribution in [0.4, 0.5) is 14.6 Å². The van der Waals surface area contributed by atoms with E-state index in [1.807, 2.05) is 6.07 Å². The Morgan fingerprint density at radius 1 is 1.04 bits per heavy atom. The van der Waals surface area contributed by atoms with Gasteiger partial charge in [-0.3, -0.25) is 9.20 Å².